The van der Waals surface area contributed by atoms with E-state index in [4.69, 9.17) is 14.0 Å². The molecule has 0 unspecified atom stereocenters. The van der Waals surface area contributed by atoms with Crippen molar-refractivity contribution in [2.24, 2.45) is 0 Å². The number of nitrogens with zero attached hydrogens (tertiary/aromatic N) is 3. The zero-order valence-corrected chi connectivity index (χ0v) is 18.9. The van der Waals surface area contributed by atoms with Gasteiger partial charge in [0.15, 0.2) is 16.6 Å². The Labute approximate surface area is 194 Å². The number of hydrogen-bond acceptors (Lipinski definition) is 8. The maximum Gasteiger partial charge on any atom is 0.360 e. The molecule has 9 nitrogen and oxygen atoms in total. The molecule has 10 heteroatoms. The van der Waals surface area contributed by atoms with Crippen LogP contribution in [-0.4, -0.2) is 46.1 Å². The van der Waals surface area contributed by atoms with Crippen LogP contribution in [0.15, 0.2) is 64.3 Å². The molecule has 1 amide bonds. The van der Waals surface area contributed by atoms with Crippen LogP contribution in [0.4, 0.5) is 5.69 Å². The first kappa shape index (κ1) is 22.4. The normalized spacial score (nSPS) is 10.8. The number of rotatable bonds is 9. The van der Waals surface area contributed by atoms with Crippen LogP contribution in [0.2, 0.25) is 0 Å². The van der Waals surface area contributed by atoms with E-state index in [1.807, 2.05) is 28.8 Å². The number of imidazole rings is 1. The molecule has 0 radical (unpaired) electrons. The van der Waals surface area contributed by atoms with Gasteiger partial charge >= 0.3 is 5.97 Å². The van der Waals surface area contributed by atoms with E-state index in [0.717, 1.165) is 16.8 Å². The van der Waals surface area contributed by atoms with E-state index in [9.17, 15) is 9.59 Å². The Morgan fingerprint density at radius 3 is 2.70 bits per heavy atom. The minimum absolute atomic E-state index is 0.115. The van der Waals surface area contributed by atoms with Gasteiger partial charge in [0.2, 0.25) is 5.91 Å². The predicted octanol–water partition coefficient (Wildman–Crippen LogP) is 3.99. The summed E-state index contributed by atoms with van der Waals surface area (Å²) in [5, 5.41) is 7.31. The van der Waals surface area contributed by atoms with Gasteiger partial charge in [0.1, 0.15) is 5.75 Å². The third-order valence-corrected chi connectivity index (χ3v) is 5.66. The number of carbonyl (C=O) groups is 2. The summed E-state index contributed by atoms with van der Waals surface area (Å²) >= 11 is 1.31. The first-order valence-electron chi connectivity index (χ1n) is 10.2. The van der Waals surface area contributed by atoms with Gasteiger partial charge in [-0.1, -0.05) is 29.1 Å². The molecule has 0 atom stereocenters. The van der Waals surface area contributed by atoms with Crippen LogP contribution in [0.25, 0.3) is 11.0 Å². The van der Waals surface area contributed by atoms with Crippen LogP contribution < -0.4 is 10.1 Å². The topological polar surface area (TPSA) is 108 Å². The number of anilines is 1. The molecular formula is C23H22N4O5S. The fraction of sp³-hybridized carbons (Fsp3) is 0.217. The lowest BCUT2D eigenvalue weighted by atomic mass is 10.3. The Hall–Kier alpha value is -3.79. The number of amides is 1. The number of aromatic nitrogens is 3. The number of benzene rings is 2. The van der Waals surface area contributed by atoms with Gasteiger partial charge < -0.3 is 23.9 Å². The molecule has 0 spiro atoms. The molecular weight excluding hydrogens is 444 g/mol. The average molecular weight is 467 g/mol. The quantitative estimate of drug-likeness (QED) is 0.291. The van der Waals surface area contributed by atoms with Crippen LogP contribution in [0.1, 0.15) is 23.2 Å². The molecule has 0 aliphatic carbocycles. The number of fused-ring (bicyclic) bond motifs is 1. The highest BCUT2D eigenvalue weighted by atomic mass is 32.2. The number of para-hydroxylation sites is 2. The Morgan fingerprint density at radius 1 is 1.15 bits per heavy atom. The summed E-state index contributed by atoms with van der Waals surface area (Å²) in [5.41, 5.74) is 2.47. The predicted molar refractivity (Wildman–Crippen MR) is 124 cm³/mol. The Balaban J connectivity index is 1.49. The number of hydrogen-bond donors (Lipinski definition) is 1. The Kier molecular flexibility index (Phi) is 6.94. The van der Waals surface area contributed by atoms with E-state index in [1.165, 1.54) is 11.8 Å². The fourth-order valence-corrected chi connectivity index (χ4v) is 3.98. The van der Waals surface area contributed by atoms with E-state index in [1.54, 1.807) is 44.4 Å². The standard InChI is InChI=1S/C23H22N4O5S/c1-3-31-22(29)19-12-17(32-26-19)13-27-20-7-5-4-6-18(20)25-23(27)33-14-21(28)24-15-8-10-16(30-2)11-9-15/h4-12H,3,13-14H2,1-2H3,(H,24,28). The van der Waals surface area contributed by atoms with Crippen molar-refractivity contribution in [3.63, 3.8) is 0 Å². The molecule has 170 valence electrons. The molecule has 0 saturated carbocycles. The van der Waals surface area contributed by atoms with Crippen LogP contribution >= 0.6 is 11.8 Å². The molecule has 2 aromatic carbocycles. The van der Waals surface area contributed by atoms with Gasteiger partial charge in [0, 0.05) is 11.8 Å². The molecule has 0 saturated heterocycles. The monoisotopic (exact) mass is 466 g/mol. The minimum atomic E-state index is -0.534. The second kappa shape index (κ2) is 10.2. The lowest BCUT2D eigenvalue weighted by molar-refractivity contribution is -0.113. The van der Waals surface area contributed by atoms with E-state index < -0.39 is 5.97 Å². The van der Waals surface area contributed by atoms with E-state index in [0.29, 0.717) is 23.1 Å². The lowest BCUT2D eigenvalue weighted by Gasteiger charge is -2.08. The number of thioether (sulfide) groups is 1. The van der Waals surface area contributed by atoms with Crippen LogP contribution in [-0.2, 0) is 16.1 Å². The van der Waals surface area contributed by atoms with Gasteiger partial charge in [0.05, 0.1) is 37.0 Å². The molecule has 1 N–H and O–H groups in total. The molecule has 4 aromatic rings. The van der Waals surface area contributed by atoms with Crippen molar-refractivity contribution >= 4 is 40.4 Å². The summed E-state index contributed by atoms with van der Waals surface area (Å²) in [6.45, 7) is 2.28. The van der Waals surface area contributed by atoms with Gasteiger partial charge in [0.25, 0.3) is 0 Å². The highest BCUT2D eigenvalue weighted by Gasteiger charge is 2.18. The summed E-state index contributed by atoms with van der Waals surface area (Å²) in [4.78, 5) is 29.0. The summed E-state index contributed by atoms with van der Waals surface area (Å²) in [7, 11) is 1.59. The van der Waals surface area contributed by atoms with Crippen molar-refractivity contribution in [1.29, 1.82) is 0 Å². The zero-order valence-electron chi connectivity index (χ0n) is 18.1. The Morgan fingerprint density at radius 2 is 1.94 bits per heavy atom. The average Bonchev–Trinajstić information content (AvgIpc) is 3.44. The number of methoxy groups -OCH3 is 1. The first-order valence-corrected chi connectivity index (χ1v) is 11.2. The van der Waals surface area contributed by atoms with Crippen LogP contribution in [0.5, 0.6) is 5.75 Å². The molecule has 0 fully saturated rings. The maximum atomic E-state index is 12.5. The second-order valence-corrected chi connectivity index (χ2v) is 7.88. The second-order valence-electron chi connectivity index (χ2n) is 6.93. The van der Waals surface area contributed by atoms with Crippen molar-refractivity contribution in [2.45, 2.75) is 18.6 Å². The van der Waals surface area contributed by atoms with E-state index in [-0.39, 0.29) is 24.0 Å². The smallest absolute Gasteiger partial charge is 0.360 e. The molecule has 2 aromatic heterocycles. The number of ether oxygens (including phenoxy) is 2. The van der Waals surface area contributed by atoms with Crippen molar-refractivity contribution in [3.8, 4) is 5.75 Å². The summed E-state index contributed by atoms with van der Waals surface area (Å²) in [6, 6.07) is 16.3. The maximum absolute atomic E-state index is 12.5. The van der Waals surface area contributed by atoms with Crippen molar-refractivity contribution in [3.05, 3.63) is 66.1 Å². The van der Waals surface area contributed by atoms with Gasteiger partial charge in [-0.25, -0.2) is 9.78 Å². The third kappa shape index (κ3) is 5.35. The van der Waals surface area contributed by atoms with Crippen LogP contribution in [0.3, 0.4) is 0 Å². The van der Waals surface area contributed by atoms with Gasteiger partial charge in [-0.15, -0.1) is 0 Å². The molecule has 0 bridgehead atoms. The zero-order chi connectivity index (χ0) is 23.2. The summed E-state index contributed by atoms with van der Waals surface area (Å²) in [6.07, 6.45) is 0. The Bertz CT molecular complexity index is 1270. The van der Waals surface area contributed by atoms with Crippen molar-refractivity contribution in [1.82, 2.24) is 14.7 Å². The number of esters is 1. The third-order valence-electron chi connectivity index (χ3n) is 4.68. The highest BCUT2D eigenvalue weighted by molar-refractivity contribution is 7.99. The highest BCUT2D eigenvalue weighted by Crippen LogP contribution is 2.26. The number of nitrogens with one attached hydrogen (secondary N) is 1. The molecule has 33 heavy (non-hydrogen) atoms. The summed E-state index contributed by atoms with van der Waals surface area (Å²) in [5.74, 6) is 0.668. The molecule has 0 aliphatic rings. The summed E-state index contributed by atoms with van der Waals surface area (Å²) < 4.78 is 17.4. The van der Waals surface area contributed by atoms with Gasteiger partial charge in [-0.3, -0.25) is 4.79 Å². The van der Waals surface area contributed by atoms with Crippen LogP contribution in [0, 0.1) is 0 Å². The largest absolute Gasteiger partial charge is 0.497 e. The van der Waals surface area contributed by atoms with Gasteiger partial charge in [-0.05, 0) is 43.3 Å². The first-order chi connectivity index (χ1) is 16.1. The SMILES string of the molecule is CCOC(=O)c1cc(Cn2c(SCC(=O)Nc3ccc(OC)cc3)nc3ccccc32)on1. The lowest BCUT2D eigenvalue weighted by Crippen LogP contribution is -2.14. The van der Waals surface area contributed by atoms with E-state index in [2.05, 4.69) is 15.5 Å². The van der Waals surface area contributed by atoms with Gasteiger partial charge in [-0.2, -0.15) is 0 Å². The molecule has 0 aliphatic heterocycles. The molecule has 2 heterocycles. The minimum Gasteiger partial charge on any atom is -0.497 e. The number of carbonyl (C=O) groups excluding carboxylic acids is 2. The fourth-order valence-electron chi connectivity index (χ4n) is 3.16. The van der Waals surface area contributed by atoms with Crippen molar-refractivity contribution < 1.29 is 23.6 Å². The van der Waals surface area contributed by atoms with E-state index >= 15 is 0 Å². The molecule has 4 rings (SSSR count). The van der Waals surface area contributed by atoms with Crippen molar-refractivity contribution in [2.75, 3.05) is 24.8 Å².